The Morgan fingerprint density at radius 2 is 2.13 bits per heavy atom. The fraction of sp³-hybridized carbons (Fsp3) is 0.300. The number of nitrogens with zero attached hydrogens (tertiary/aromatic N) is 1. The lowest BCUT2D eigenvalue weighted by atomic mass is 10.0. The average Bonchev–Trinajstić information content (AvgIpc) is 2.16. The van der Waals surface area contributed by atoms with E-state index in [9.17, 15) is 5.11 Å². The Bertz CT molecular complexity index is 386. The highest BCUT2D eigenvalue weighted by Gasteiger charge is 2.15. The summed E-state index contributed by atoms with van der Waals surface area (Å²) < 4.78 is 4.92. The van der Waals surface area contributed by atoms with Crippen LogP contribution < -0.4 is 10.5 Å². The second-order valence-corrected chi connectivity index (χ2v) is 2.98. The summed E-state index contributed by atoms with van der Waals surface area (Å²) >= 11 is 0. The van der Waals surface area contributed by atoms with Gasteiger partial charge in [-0.15, -0.1) is 12.4 Å². The topological polar surface area (TPSA) is 79.3 Å². The highest BCUT2D eigenvalue weighted by atomic mass is 35.5. The van der Waals surface area contributed by atoms with Gasteiger partial charge in [-0.1, -0.05) is 0 Å². The molecule has 0 aromatic heterocycles. The van der Waals surface area contributed by atoms with Crippen LogP contribution >= 0.6 is 12.4 Å². The Morgan fingerprint density at radius 3 is 2.53 bits per heavy atom. The normalized spacial score (nSPS) is 11.1. The van der Waals surface area contributed by atoms with Crippen molar-refractivity contribution in [3.05, 3.63) is 23.3 Å². The zero-order valence-corrected chi connectivity index (χ0v) is 9.34. The number of nitriles is 1. The molecule has 3 N–H and O–H groups in total. The van der Waals surface area contributed by atoms with Crippen LogP contribution in [-0.4, -0.2) is 12.2 Å². The van der Waals surface area contributed by atoms with Crippen molar-refractivity contribution >= 4 is 12.4 Å². The van der Waals surface area contributed by atoms with Gasteiger partial charge in [-0.25, -0.2) is 0 Å². The maximum absolute atomic E-state index is 9.72. The second kappa shape index (κ2) is 5.44. The summed E-state index contributed by atoms with van der Waals surface area (Å²) in [7, 11) is 1.45. The molecule has 5 heteroatoms. The van der Waals surface area contributed by atoms with E-state index in [0.717, 1.165) is 0 Å². The number of ether oxygens (including phenoxy) is 1. The summed E-state index contributed by atoms with van der Waals surface area (Å²) in [6, 6.07) is 4.69. The molecule has 0 heterocycles. The Balaban J connectivity index is 0.00000196. The summed E-state index contributed by atoms with van der Waals surface area (Å²) in [6.07, 6.45) is 0. The van der Waals surface area contributed by atoms with Gasteiger partial charge in [0.15, 0.2) is 11.5 Å². The first-order valence-corrected chi connectivity index (χ1v) is 4.17. The molecule has 0 fully saturated rings. The Hall–Kier alpha value is -1.44. The van der Waals surface area contributed by atoms with Crippen LogP contribution in [0.4, 0.5) is 0 Å². The zero-order chi connectivity index (χ0) is 10.7. The van der Waals surface area contributed by atoms with Crippen LogP contribution in [0.25, 0.3) is 0 Å². The van der Waals surface area contributed by atoms with Gasteiger partial charge in [0.25, 0.3) is 0 Å². The molecule has 0 radical (unpaired) electrons. The number of hydrogen-bond acceptors (Lipinski definition) is 4. The summed E-state index contributed by atoms with van der Waals surface area (Å²) in [6.45, 7) is 1.70. The smallest absolute Gasteiger partial charge is 0.163 e. The van der Waals surface area contributed by atoms with Crippen molar-refractivity contribution < 1.29 is 9.84 Å². The number of aromatic hydroxyl groups is 1. The van der Waals surface area contributed by atoms with Gasteiger partial charge in [-0.2, -0.15) is 5.26 Å². The molecule has 1 aromatic carbocycles. The average molecular weight is 229 g/mol. The summed E-state index contributed by atoms with van der Waals surface area (Å²) in [5.74, 6) is 0.276. The quantitative estimate of drug-likeness (QED) is 0.808. The lowest BCUT2D eigenvalue weighted by molar-refractivity contribution is 0.369. The lowest BCUT2D eigenvalue weighted by Gasteiger charge is -2.12. The van der Waals surface area contributed by atoms with Crippen LogP contribution in [0, 0.1) is 11.3 Å². The third-order valence-corrected chi connectivity index (χ3v) is 1.98. The van der Waals surface area contributed by atoms with E-state index in [1.807, 2.05) is 6.07 Å². The number of nitrogens with two attached hydrogens (primary N) is 1. The molecule has 1 rings (SSSR count). The molecular formula is C10H13ClN2O2. The predicted octanol–water partition coefficient (Wildman–Crippen LogP) is 1.71. The molecule has 0 saturated carbocycles. The molecule has 0 aliphatic rings. The number of hydrogen-bond donors (Lipinski definition) is 2. The van der Waals surface area contributed by atoms with Crippen molar-refractivity contribution in [1.82, 2.24) is 0 Å². The van der Waals surface area contributed by atoms with E-state index in [-0.39, 0.29) is 18.2 Å². The number of halogens is 1. The molecule has 0 aliphatic carbocycles. The van der Waals surface area contributed by atoms with Gasteiger partial charge in [-0.3, -0.25) is 0 Å². The summed E-state index contributed by atoms with van der Waals surface area (Å²) in [4.78, 5) is 0. The van der Waals surface area contributed by atoms with Gasteiger partial charge in [0.2, 0.25) is 0 Å². The Kier molecular flexibility index (Phi) is 4.92. The van der Waals surface area contributed by atoms with Crippen molar-refractivity contribution in [1.29, 1.82) is 5.26 Å². The molecular weight excluding hydrogens is 216 g/mol. The molecule has 4 nitrogen and oxygen atoms in total. The molecule has 0 saturated heterocycles. The molecule has 0 unspecified atom stereocenters. The van der Waals surface area contributed by atoms with Crippen LogP contribution in [0.1, 0.15) is 24.1 Å². The number of methoxy groups -OCH3 is 1. The predicted molar refractivity (Wildman–Crippen MR) is 59.2 cm³/mol. The molecule has 1 atom stereocenters. The molecule has 0 spiro atoms. The van der Waals surface area contributed by atoms with Gasteiger partial charge in [-0.05, 0) is 19.1 Å². The van der Waals surface area contributed by atoms with E-state index in [1.54, 1.807) is 19.1 Å². The number of phenols is 1. The van der Waals surface area contributed by atoms with E-state index in [1.165, 1.54) is 7.11 Å². The summed E-state index contributed by atoms with van der Waals surface area (Å²) in [5, 5.41) is 18.5. The van der Waals surface area contributed by atoms with Crippen molar-refractivity contribution in [2.24, 2.45) is 5.73 Å². The molecule has 15 heavy (non-hydrogen) atoms. The number of rotatable bonds is 2. The van der Waals surface area contributed by atoms with Crippen LogP contribution in [0.3, 0.4) is 0 Å². The Labute approximate surface area is 94.7 Å². The second-order valence-electron chi connectivity index (χ2n) is 2.98. The van der Waals surface area contributed by atoms with Crippen LogP contribution in [0.5, 0.6) is 11.5 Å². The van der Waals surface area contributed by atoms with E-state index < -0.39 is 6.04 Å². The molecule has 82 valence electrons. The maximum Gasteiger partial charge on any atom is 0.163 e. The standard InChI is InChI=1S/C10H12N2O2.ClH/c1-6(12)9-7(5-11)3-4-8(14-2)10(9)13;/h3-4,6,13H,12H2,1-2H3;1H/t6-;/m1./s1. The summed E-state index contributed by atoms with van der Waals surface area (Å²) in [5.41, 5.74) is 6.44. The minimum absolute atomic E-state index is 0. The van der Waals surface area contributed by atoms with E-state index in [0.29, 0.717) is 16.9 Å². The van der Waals surface area contributed by atoms with Gasteiger partial charge < -0.3 is 15.6 Å². The Morgan fingerprint density at radius 1 is 1.53 bits per heavy atom. The van der Waals surface area contributed by atoms with Crippen molar-refractivity contribution in [2.45, 2.75) is 13.0 Å². The highest BCUT2D eigenvalue weighted by molar-refractivity contribution is 5.85. The van der Waals surface area contributed by atoms with Crippen molar-refractivity contribution in [3.63, 3.8) is 0 Å². The highest BCUT2D eigenvalue weighted by Crippen LogP contribution is 2.35. The minimum Gasteiger partial charge on any atom is -0.504 e. The largest absolute Gasteiger partial charge is 0.504 e. The molecule has 0 aliphatic heterocycles. The fourth-order valence-electron chi connectivity index (χ4n) is 1.31. The van der Waals surface area contributed by atoms with Crippen LogP contribution in [0.15, 0.2) is 12.1 Å². The van der Waals surface area contributed by atoms with Crippen molar-refractivity contribution in [2.75, 3.05) is 7.11 Å². The third kappa shape index (κ3) is 2.52. The maximum atomic E-state index is 9.72. The number of benzene rings is 1. The lowest BCUT2D eigenvalue weighted by Crippen LogP contribution is -2.08. The minimum atomic E-state index is -0.403. The number of phenolic OH excluding ortho intramolecular Hbond substituents is 1. The van der Waals surface area contributed by atoms with Gasteiger partial charge >= 0.3 is 0 Å². The zero-order valence-electron chi connectivity index (χ0n) is 8.52. The van der Waals surface area contributed by atoms with Gasteiger partial charge in [0.1, 0.15) is 0 Å². The molecule has 0 bridgehead atoms. The molecule has 0 amide bonds. The first-order valence-electron chi connectivity index (χ1n) is 4.17. The van der Waals surface area contributed by atoms with E-state index in [4.69, 9.17) is 15.7 Å². The monoisotopic (exact) mass is 228 g/mol. The van der Waals surface area contributed by atoms with E-state index in [2.05, 4.69) is 0 Å². The van der Waals surface area contributed by atoms with E-state index >= 15 is 0 Å². The van der Waals surface area contributed by atoms with Gasteiger partial charge in [0, 0.05) is 11.6 Å². The first kappa shape index (κ1) is 13.6. The van der Waals surface area contributed by atoms with Crippen molar-refractivity contribution in [3.8, 4) is 17.6 Å². The van der Waals surface area contributed by atoms with Gasteiger partial charge in [0.05, 0.1) is 18.7 Å². The molecule has 1 aromatic rings. The van der Waals surface area contributed by atoms with Crippen LogP contribution in [0.2, 0.25) is 0 Å². The first-order chi connectivity index (χ1) is 6.61. The third-order valence-electron chi connectivity index (χ3n) is 1.98. The SMILES string of the molecule is COc1ccc(C#N)c([C@@H](C)N)c1O.Cl. The fourth-order valence-corrected chi connectivity index (χ4v) is 1.31. The van der Waals surface area contributed by atoms with Crippen LogP contribution in [-0.2, 0) is 0 Å².